The van der Waals surface area contributed by atoms with E-state index in [1.807, 2.05) is 24.3 Å². The molecule has 1 unspecified atom stereocenters. The number of ether oxygens (including phenoxy) is 1. The molecule has 3 heteroatoms. The molecule has 1 fully saturated rings. The van der Waals surface area contributed by atoms with Gasteiger partial charge >= 0.3 is 0 Å². The highest BCUT2D eigenvalue weighted by Gasteiger charge is 2.39. The zero-order valence-corrected chi connectivity index (χ0v) is 11.9. The number of carbonyl (C=O) groups excluding carboxylic acids is 1. The van der Waals surface area contributed by atoms with Crippen LogP contribution in [0.4, 0.5) is 0 Å². The van der Waals surface area contributed by atoms with Crippen LogP contribution in [0.2, 0.25) is 0 Å². The van der Waals surface area contributed by atoms with Crippen LogP contribution in [-0.2, 0) is 11.2 Å². The Morgan fingerprint density at radius 3 is 2.84 bits per heavy atom. The highest BCUT2D eigenvalue weighted by Crippen LogP contribution is 2.34. The quantitative estimate of drug-likeness (QED) is 0.855. The number of Topliss-reactive ketones (excluding diaryl/α,β-unsaturated/α-hetero) is 1. The van der Waals surface area contributed by atoms with E-state index in [1.54, 1.807) is 7.11 Å². The Balaban J connectivity index is 2.15. The van der Waals surface area contributed by atoms with Crippen LogP contribution in [0.3, 0.4) is 0 Å². The third-order valence-corrected chi connectivity index (χ3v) is 4.11. The number of ketones is 1. The van der Waals surface area contributed by atoms with E-state index in [0.29, 0.717) is 12.2 Å². The normalized spacial score (nSPS) is 22.4. The van der Waals surface area contributed by atoms with E-state index in [2.05, 4.69) is 12.2 Å². The molecule has 2 rings (SSSR count). The van der Waals surface area contributed by atoms with Gasteiger partial charge in [-0.05, 0) is 25.5 Å². The Bertz CT molecular complexity index is 436. The first kappa shape index (κ1) is 14.1. The number of rotatable bonds is 6. The van der Waals surface area contributed by atoms with Gasteiger partial charge in [-0.1, -0.05) is 31.5 Å². The minimum absolute atomic E-state index is 0.157. The summed E-state index contributed by atoms with van der Waals surface area (Å²) in [6.45, 7) is 3.93. The van der Waals surface area contributed by atoms with Crippen LogP contribution in [0, 0.1) is 5.41 Å². The van der Waals surface area contributed by atoms with Gasteiger partial charge in [-0.25, -0.2) is 0 Å². The van der Waals surface area contributed by atoms with Crippen molar-refractivity contribution in [2.75, 3.05) is 20.2 Å². The molecule has 0 spiro atoms. The second-order valence-electron chi connectivity index (χ2n) is 5.37. The Hall–Kier alpha value is -1.35. The molecular weight excluding hydrogens is 238 g/mol. The van der Waals surface area contributed by atoms with E-state index in [0.717, 1.165) is 43.7 Å². The number of para-hydroxylation sites is 1. The summed E-state index contributed by atoms with van der Waals surface area (Å²) >= 11 is 0. The fourth-order valence-electron chi connectivity index (χ4n) is 3.02. The zero-order chi connectivity index (χ0) is 13.7. The Kier molecular flexibility index (Phi) is 4.59. The average Bonchev–Trinajstić information content (AvgIpc) is 2.90. The molecule has 1 aromatic carbocycles. The number of hydrogen-bond donors (Lipinski definition) is 1. The Morgan fingerprint density at radius 2 is 2.21 bits per heavy atom. The third kappa shape index (κ3) is 2.98. The molecule has 104 valence electrons. The van der Waals surface area contributed by atoms with Crippen molar-refractivity contribution in [3.63, 3.8) is 0 Å². The molecule has 1 aliphatic heterocycles. The Morgan fingerprint density at radius 1 is 1.42 bits per heavy atom. The standard InChI is InChI=1S/C16H23NO2/c1-3-8-16(9-10-17-12-16)15(18)11-13-6-4-5-7-14(13)19-2/h4-7,17H,3,8-12H2,1-2H3. The second kappa shape index (κ2) is 6.20. The molecule has 0 aromatic heterocycles. The van der Waals surface area contributed by atoms with Crippen molar-refractivity contribution in [2.45, 2.75) is 32.6 Å². The third-order valence-electron chi connectivity index (χ3n) is 4.11. The lowest BCUT2D eigenvalue weighted by Crippen LogP contribution is -2.34. The average molecular weight is 261 g/mol. The minimum atomic E-state index is -0.157. The van der Waals surface area contributed by atoms with E-state index in [-0.39, 0.29) is 5.41 Å². The lowest BCUT2D eigenvalue weighted by atomic mass is 9.76. The molecule has 19 heavy (non-hydrogen) atoms. The van der Waals surface area contributed by atoms with Crippen molar-refractivity contribution in [3.05, 3.63) is 29.8 Å². The fourth-order valence-corrected chi connectivity index (χ4v) is 3.02. The fraction of sp³-hybridized carbons (Fsp3) is 0.562. The molecule has 1 atom stereocenters. The summed E-state index contributed by atoms with van der Waals surface area (Å²) < 4.78 is 5.33. The molecule has 1 saturated heterocycles. The number of benzene rings is 1. The second-order valence-corrected chi connectivity index (χ2v) is 5.37. The zero-order valence-electron chi connectivity index (χ0n) is 11.9. The molecule has 0 aliphatic carbocycles. The molecular formula is C16H23NO2. The van der Waals surface area contributed by atoms with E-state index in [9.17, 15) is 4.79 Å². The molecule has 1 aliphatic rings. The summed E-state index contributed by atoms with van der Waals surface area (Å²) in [7, 11) is 1.66. The summed E-state index contributed by atoms with van der Waals surface area (Å²) in [6, 6.07) is 7.80. The van der Waals surface area contributed by atoms with Crippen LogP contribution in [-0.4, -0.2) is 26.0 Å². The maximum Gasteiger partial charge on any atom is 0.144 e. The first-order valence-corrected chi connectivity index (χ1v) is 7.08. The van der Waals surface area contributed by atoms with E-state index in [1.165, 1.54) is 0 Å². The summed E-state index contributed by atoms with van der Waals surface area (Å²) in [5, 5.41) is 3.34. The maximum atomic E-state index is 12.7. The van der Waals surface area contributed by atoms with Gasteiger partial charge in [-0.3, -0.25) is 4.79 Å². The van der Waals surface area contributed by atoms with Gasteiger partial charge in [0.05, 0.1) is 7.11 Å². The van der Waals surface area contributed by atoms with Gasteiger partial charge in [0.15, 0.2) is 0 Å². The monoisotopic (exact) mass is 261 g/mol. The number of nitrogens with one attached hydrogen (secondary N) is 1. The van der Waals surface area contributed by atoms with Gasteiger partial charge in [0.25, 0.3) is 0 Å². The minimum Gasteiger partial charge on any atom is -0.496 e. The maximum absolute atomic E-state index is 12.7. The molecule has 1 N–H and O–H groups in total. The predicted octanol–water partition coefficient (Wildman–Crippen LogP) is 2.59. The smallest absolute Gasteiger partial charge is 0.144 e. The molecule has 0 radical (unpaired) electrons. The van der Waals surface area contributed by atoms with Crippen LogP contribution in [0.25, 0.3) is 0 Å². The van der Waals surface area contributed by atoms with Crippen LogP contribution >= 0.6 is 0 Å². The van der Waals surface area contributed by atoms with Gasteiger partial charge in [0, 0.05) is 23.9 Å². The summed E-state index contributed by atoms with van der Waals surface area (Å²) in [6.07, 6.45) is 3.48. The largest absolute Gasteiger partial charge is 0.496 e. The van der Waals surface area contributed by atoms with E-state index >= 15 is 0 Å². The van der Waals surface area contributed by atoms with Crippen LogP contribution in [0.5, 0.6) is 5.75 Å². The number of carbonyl (C=O) groups is 1. The first-order chi connectivity index (χ1) is 9.22. The summed E-state index contributed by atoms with van der Waals surface area (Å²) in [5.74, 6) is 1.16. The predicted molar refractivity (Wildman–Crippen MR) is 76.5 cm³/mol. The van der Waals surface area contributed by atoms with Gasteiger partial charge in [0.2, 0.25) is 0 Å². The van der Waals surface area contributed by atoms with Crippen molar-refractivity contribution in [1.29, 1.82) is 0 Å². The highest BCUT2D eigenvalue weighted by atomic mass is 16.5. The highest BCUT2D eigenvalue weighted by molar-refractivity contribution is 5.88. The van der Waals surface area contributed by atoms with Crippen molar-refractivity contribution in [3.8, 4) is 5.75 Å². The van der Waals surface area contributed by atoms with Crippen LogP contribution in [0.1, 0.15) is 31.7 Å². The Labute approximate surface area is 115 Å². The van der Waals surface area contributed by atoms with Gasteiger partial charge < -0.3 is 10.1 Å². The SMILES string of the molecule is CCCC1(C(=O)Cc2ccccc2OC)CCNC1. The van der Waals surface area contributed by atoms with Crippen molar-refractivity contribution in [2.24, 2.45) is 5.41 Å². The summed E-state index contributed by atoms with van der Waals surface area (Å²) in [5.41, 5.74) is 0.840. The first-order valence-electron chi connectivity index (χ1n) is 7.08. The lowest BCUT2D eigenvalue weighted by molar-refractivity contribution is -0.127. The van der Waals surface area contributed by atoms with Crippen molar-refractivity contribution >= 4 is 5.78 Å². The molecule has 1 aromatic rings. The van der Waals surface area contributed by atoms with Crippen molar-refractivity contribution in [1.82, 2.24) is 5.32 Å². The topological polar surface area (TPSA) is 38.3 Å². The molecule has 1 heterocycles. The molecule has 0 saturated carbocycles. The van der Waals surface area contributed by atoms with E-state index in [4.69, 9.17) is 4.74 Å². The lowest BCUT2D eigenvalue weighted by Gasteiger charge is -2.26. The van der Waals surface area contributed by atoms with E-state index < -0.39 is 0 Å². The summed E-state index contributed by atoms with van der Waals surface area (Å²) in [4.78, 5) is 12.7. The van der Waals surface area contributed by atoms with Crippen molar-refractivity contribution < 1.29 is 9.53 Å². The van der Waals surface area contributed by atoms with Crippen LogP contribution < -0.4 is 10.1 Å². The van der Waals surface area contributed by atoms with Gasteiger partial charge in [0.1, 0.15) is 11.5 Å². The molecule has 0 bridgehead atoms. The van der Waals surface area contributed by atoms with Gasteiger partial charge in [-0.15, -0.1) is 0 Å². The molecule has 3 nitrogen and oxygen atoms in total. The van der Waals surface area contributed by atoms with Crippen LogP contribution in [0.15, 0.2) is 24.3 Å². The molecule has 0 amide bonds. The number of hydrogen-bond acceptors (Lipinski definition) is 3. The van der Waals surface area contributed by atoms with Gasteiger partial charge in [-0.2, -0.15) is 0 Å². The number of methoxy groups -OCH3 is 1.